The standard InChI is InChI=1S/C51H76O6/c1-4-7-10-13-16-19-22-25-27-29-32-35-38-41-44-50(53)56-47-48(46-55-49(52)43-40-37-34-31-28-24-21-18-15-12-9-6-3)57-51(54)45-42-39-36-33-30-26-23-20-17-14-11-8-5-2/h7-12,14,16-21,23,25-28,30-31,33,36,48H,4-6,13,15,22,24,29,32,34-35,37-47H2,1-3H3/b10-7-,11-8-,12-9-,17-14-,19-16-,21-18-,23-20-,27-25-,30-26-,31-28-,36-33-. The monoisotopic (exact) mass is 785 g/mol. The molecule has 0 aliphatic carbocycles. The van der Waals surface area contributed by atoms with Crippen LogP contribution in [0.5, 0.6) is 0 Å². The molecule has 0 saturated carbocycles. The molecule has 57 heavy (non-hydrogen) atoms. The highest BCUT2D eigenvalue weighted by molar-refractivity contribution is 5.71. The van der Waals surface area contributed by atoms with Crippen LogP contribution in [0.1, 0.15) is 149 Å². The van der Waals surface area contributed by atoms with E-state index in [4.69, 9.17) is 14.2 Å². The quantitative estimate of drug-likeness (QED) is 0.0207. The van der Waals surface area contributed by atoms with Crippen molar-refractivity contribution in [3.8, 4) is 0 Å². The Morgan fingerprint density at radius 3 is 1.25 bits per heavy atom. The summed E-state index contributed by atoms with van der Waals surface area (Å²) in [6, 6.07) is 0. The van der Waals surface area contributed by atoms with Gasteiger partial charge in [-0.25, -0.2) is 0 Å². The van der Waals surface area contributed by atoms with Gasteiger partial charge in [0.1, 0.15) is 13.2 Å². The van der Waals surface area contributed by atoms with Crippen LogP contribution in [-0.4, -0.2) is 37.2 Å². The molecule has 0 aromatic rings. The summed E-state index contributed by atoms with van der Waals surface area (Å²) < 4.78 is 16.6. The summed E-state index contributed by atoms with van der Waals surface area (Å²) in [5.74, 6) is -1.09. The van der Waals surface area contributed by atoms with E-state index in [1.54, 1.807) is 0 Å². The molecule has 1 unspecified atom stereocenters. The maximum Gasteiger partial charge on any atom is 0.306 e. The molecule has 1 atom stereocenters. The van der Waals surface area contributed by atoms with Crippen molar-refractivity contribution in [2.24, 2.45) is 0 Å². The van der Waals surface area contributed by atoms with Crippen LogP contribution in [0, 0.1) is 0 Å². The highest BCUT2D eigenvalue weighted by Crippen LogP contribution is 2.10. The molecule has 0 bridgehead atoms. The maximum absolute atomic E-state index is 12.7. The van der Waals surface area contributed by atoms with Crippen LogP contribution in [0.4, 0.5) is 0 Å². The Morgan fingerprint density at radius 1 is 0.368 bits per heavy atom. The van der Waals surface area contributed by atoms with Gasteiger partial charge in [0.25, 0.3) is 0 Å². The van der Waals surface area contributed by atoms with Crippen molar-refractivity contribution < 1.29 is 28.6 Å². The van der Waals surface area contributed by atoms with E-state index in [1.807, 2.05) is 54.7 Å². The highest BCUT2D eigenvalue weighted by Gasteiger charge is 2.19. The number of carbonyl (C=O) groups excluding carboxylic acids is 3. The minimum absolute atomic E-state index is 0.136. The van der Waals surface area contributed by atoms with Gasteiger partial charge in [0, 0.05) is 19.3 Å². The third-order valence-corrected chi connectivity index (χ3v) is 8.26. The largest absolute Gasteiger partial charge is 0.462 e. The van der Waals surface area contributed by atoms with Crippen molar-refractivity contribution in [3.63, 3.8) is 0 Å². The predicted octanol–water partition coefficient (Wildman–Crippen LogP) is 14.0. The van der Waals surface area contributed by atoms with Gasteiger partial charge in [-0.05, 0) is 96.3 Å². The van der Waals surface area contributed by atoms with Crippen molar-refractivity contribution in [1.29, 1.82) is 0 Å². The molecule has 0 aromatic heterocycles. The molecule has 0 amide bonds. The van der Waals surface area contributed by atoms with Crippen LogP contribution in [0.25, 0.3) is 0 Å². The predicted molar refractivity (Wildman–Crippen MR) is 242 cm³/mol. The average Bonchev–Trinajstić information content (AvgIpc) is 3.21. The number of carbonyl (C=O) groups is 3. The lowest BCUT2D eigenvalue weighted by atomic mass is 10.1. The fourth-order valence-electron chi connectivity index (χ4n) is 5.09. The first kappa shape index (κ1) is 52.6. The van der Waals surface area contributed by atoms with Gasteiger partial charge in [-0.15, -0.1) is 0 Å². The zero-order chi connectivity index (χ0) is 41.5. The van der Waals surface area contributed by atoms with Crippen LogP contribution in [-0.2, 0) is 28.6 Å². The van der Waals surface area contributed by atoms with Crippen LogP contribution >= 0.6 is 0 Å². The molecule has 0 saturated heterocycles. The molecule has 6 nitrogen and oxygen atoms in total. The fraction of sp³-hybridized carbons (Fsp3) is 0.510. The van der Waals surface area contributed by atoms with Crippen molar-refractivity contribution in [2.45, 2.75) is 155 Å². The normalized spacial score (nSPS) is 13.4. The summed E-state index contributed by atoms with van der Waals surface area (Å²) in [5.41, 5.74) is 0. The highest BCUT2D eigenvalue weighted by atomic mass is 16.6. The number of hydrogen-bond acceptors (Lipinski definition) is 6. The van der Waals surface area contributed by atoms with E-state index >= 15 is 0 Å². The van der Waals surface area contributed by atoms with Crippen molar-refractivity contribution in [2.75, 3.05) is 13.2 Å². The number of unbranched alkanes of at least 4 members (excludes halogenated alkanes) is 7. The molecule has 0 fully saturated rings. The van der Waals surface area contributed by atoms with Gasteiger partial charge < -0.3 is 14.2 Å². The zero-order valence-electron chi connectivity index (χ0n) is 35.8. The Bertz CT molecular complexity index is 1320. The lowest BCUT2D eigenvalue weighted by Crippen LogP contribution is -2.30. The molecule has 6 heteroatoms. The molecule has 0 aliphatic rings. The van der Waals surface area contributed by atoms with Gasteiger partial charge in [0.15, 0.2) is 6.10 Å². The molecule has 0 radical (unpaired) electrons. The molecule has 0 heterocycles. The molecule has 0 spiro atoms. The van der Waals surface area contributed by atoms with Gasteiger partial charge in [0.2, 0.25) is 0 Å². The molecule has 0 aromatic carbocycles. The van der Waals surface area contributed by atoms with E-state index < -0.39 is 12.1 Å². The summed E-state index contributed by atoms with van der Waals surface area (Å²) in [7, 11) is 0. The van der Waals surface area contributed by atoms with E-state index in [0.29, 0.717) is 25.7 Å². The van der Waals surface area contributed by atoms with E-state index in [0.717, 1.165) is 89.9 Å². The van der Waals surface area contributed by atoms with Crippen molar-refractivity contribution in [1.82, 2.24) is 0 Å². The maximum atomic E-state index is 12.7. The minimum Gasteiger partial charge on any atom is -0.462 e. The van der Waals surface area contributed by atoms with Crippen LogP contribution in [0.3, 0.4) is 0 Å². The van der Waals surface area contributed by atoms with Crippen molar-refractivity contribution in [3.05, 3.63) is 134 Å². The van der Waals surface area contributed by atoms with E-state index in [1.165, 1.54) is 0 Å². The first-order valence-electron chi connectivity index (χ1n) is 21.8. The SMILES string of the molecule is CC\C=C/C=C\C=C/C=C\C=C/CCCC(=O)OC(COC(=O)CCCC/C=C\C/C=C\C/C=C\CC)COC(=O)CCCCCC/C=C\C/C=C\C/C=C\CC. The van der Waals surface area contributed by atoms with Gasteiger partial charge in [-0.1, -0.05) is 167 Å². The first-order chi connectivity index (χ1) is 28.0. The molecule has 0 N–H and O–H groups in total. The van der Waals surface area contributed by atoms with Crippen LogP contribution in [0.2, 0.25) is 0 Å². The molecule has 0 rings (SSSR count). The summed E-state index contributed by atoms with van der Waals surface area (Å²) in [4.78, 5) is 37.7. The van der Waals surface area contributed by atoms with E-state index in [-0.39, 0.29) is 38.0 Å². The second-order valence-electron chi connectivity index (χ2n) is 13.6. The third kappa shape index (κ3) is 42.5. The molecule has 316 valence electrons. The Kier molecular flexibility index (Phi) is 40.8. The lowest BCUT2D eigenvalue weighted by molar-refractivity contribution is -0.167. The van der Waals surface area contributed by atoms with E-state index in [2.05, 4.69) is 99.8 Å². The van der Waals surface area contributed by atoms with Crippen molar-refractivity contribution >= 4 is 17.9 Å². The average molecular weight is 785 g/mol. The smallest absolute Gasteiger partial charge is 0.306 e. The van der Waals surface area contributed by atoms with Gasteiger partial charge in [0.05, 0.1) is 0 Å². The first-order valence-corrected chi connectivity index (χ1v) is 21.8. The van der Waals surface area contributed by atoms with E-state index in [9.17, 15) is 14.4 Å². The second-order valence-corrected chi connectivity index (χ2v) is 13.6. The minimum atomic E-state index is -0.843. The lowest BCUT2D eigenvalue weighted by Gasteiger charge is -2.18. The Hall–Kier alpha value is -4.45. The van der Waals surface area contributed by atoms with Gasteiger partial charge >= 0.3 is 17.9 Å². The Labute approximate surface area is 347 Å². The summed E-state index contributed by atoms with van der Waals surface area (Å²) in [6.07, 6.45) is 61.6. The van der Waals surface area contributed by atoms with Gasteiger partial charge in [-0.2, -0.15) is 0 Å². The Balaban J connectivity index is 4.63. The number of rotatable bonds is 36. The fourth-order valence-corrected chi connectivity index (χ4v) is 5.09. The second kappa shape index (κ2) is 44.3. The summed E-state index contributed by atoms with van der Waals surface area (Å²) >= 11 is 0. The summed E-state index contributed by atoms with van der Waals surface area (Å²) in [5, 5.41) is 0. The van der Waals surface area contributed by atoms with Crippen LogP contribution in [0.15, 0.2) is 134 Å². The van der Waals surface area contributed by atoms with Crippen LogP contribution < -0.4 is 0 Å². The molecular weight excluding hydrogens is 709 g/mol. The molecular formula is C51H76O6. The van der Waals surface area contributed by atoms with Gasteiger partial charge in [-0.3, -0.25) is 14.4 Å². The Morgan fingerprint density at radius 2 is 0.737 bits per heavy atom. The number of hydrogen-bond donors (Lipinski definition) is 0. The zero-order valence-corrected chi connectivity index (χ0v) is 35.8. The number of allylic oxidation sites excluding steroid dienone is 22. The summed E-state index contributed by atoms with van der Waals surface area (Å²) in [6.45, 7) is 6.09. The molecule has 0 aliphatic heterocycles. The number of ether oxygens (including phenoxy) is 3. The third-order valence-electron chi connectivity index (χ3n) is 8.26. The number of esters is 3. The topological polar surface area (TPSA) is 78.9 Å².